The van der Waals surface area contributed by atoms with Crippen molar-refractivity contribution in [2.24, 2.45) is 0 Å². The predicted octanol–water partition coefficient (Wildman–Crippen LogP) is 2.82. The molecule has 96 valence electrons. The summed E-state index contributed by atoms with van der Waals surface area (Å²) < 4.78 is 5.21. The normalized spacial score (nSPS) is 20.1. The van der Waals surface area contributed by atoms with E-state index in [-0.39, 0.29) is 6.10 Å². The van der Waals surface area contributed by atoms with Crippen molar-refractivity contribution in [1.29, 1.82) is 0 Å². The smallest absolute Gasteiger partial charge is 0.229 e. The van der Waals surface area contributed by atoms with Crippen molar-refractivity contribution < 1.29 is 9.63 Å². The van der Waals surface area contributed by atoms with Gasteiger partial charge in [0.15, 0.2) is 5.82 Å². The van der Waals surface area contributed by atoms with Gasteiger partial charge in [0, 0.05) is 5.92 Å². The second-order valence-electron chi connectivity index (χ2n) is 5.00. The van der Waals surface area contributed by atoms with Crippen molar-refractivity contribution in [2.45, 2.75) is 70.3 Å². The van der Waals surface area contributed by atoms with Gasteiger partial charge in [-0.1, -0.05) is 37.8 Å². The maximum atomic E-state index is 9.55. The van der Waals surface area contributed by atoms with E-state index in [1.165, 1.54) is 38.5 Å². The first-order chi connectivity index (χ1) is 8.29. The van der Waals surface area contributed by atoms with Crippen LogP contribution in [-0.4, -0.2) is 21.4 Å². The summed E-state index contributed by atoms with van der Waals surface area (Å²) in [4.78, 5) is 4.43. The van der Waals surface area contributed by atoms with Crippen LogP contribution in [0.5, 0.6) is 0 Å². The van der Waals surface area contributed by atoms with Gasteiger partial charge >= 0.3 is 0 Å². The van der Waals surface area contributed by atoms with Crippen LogP contribution >= 0.6 is 0 Å². The number of rotatable bonds is 4. The molecule has 1 aromatic heterocycles. The minimum atomic E-state index is -0.363. The number of nitrogens with zero attached hydrogens (tertiary/aromatic N) is 2. The lowest BCUT2D eigenvalue weighted by Gasteiger charge is -2.07. The number of aliphatic hydroxyl groups is 1. The molecule has 0 aromatic carbocycles. The van der Waals surface area contributed by atoms with Crippen molar-refractivity contribution in [3.8, 4) is 0 Å². The number of aromatic nitrogens is 2. The van der Waals surface area contributed by atoms with E-state index in [1.807, 2.05) is 6.92 Å². The summed E-state index contributed by atoms with van der Waals surface area (Å²) in [7, 11) is 0. The van der Waals surface area contributed by atoms with Crippen molar-refractivity contribution in [1.82, 2.24) is 10.1 Å². The minimum absolute atomic E-state index is 0.363. The topological polar surface area (TPSA) is 59.2 Å². The largest absolute Gasteiger partial charge is 0.393 e. The Bertz CT molecular complexity index is 330. The number of hydrogen-bond donors (Lipinski definition) is 1. The zero-order chi connectivity index (χ0) is 12.1. The molecule has 17 heavy (non-hydrogen) atoms. The Morgan fingerprint density at radius 2 is 2.00 bits per heavy atom. The van der Waals surface area contributed by atoms with Crippen LogP contribution in [0.4, 0.5) is 0 Å². The van der Waals surface area contributed by atoms with E-state index in [4.69, 9.17) is 4.52 Å². The van der Waals surface area contributed by atoms with Gasteiger partial charge in [0.2, 0.25) is 5.89 Å². The molecule has 1 aromatic rings. The summed E-state index contributed by atoms with van der Waals surface area (Å²) in [5.41, 5.74) is 0. The fraction of sp³-hybridized carbons (Fsp3) is 0.846. The standard InChI is InChI=1S/C13H22N2O2/c1-2-11(16)9-12-14-13(15-17-12)10-7-5-3-4-6-8-10/h10-11,16H,2-9H2,1H3. The molecular formula is C13H22N2O2. The Morgan fingerprint density at radius 3 is 2.65 bits per heavy atom. The fourth-order valence-electron chi connectivity index (χ4n) is 2.40. The van der Waals surface area contributed by atoms with Gasteiger partial charge in [-0.25, -0.2) is 0 Å². The van der Waals surface area contributed by atoms with Gasteiger partial charge in [0.25, 0.3) is 0 Å². The molecule has 2 rings (SSSR count). The van der Waals surface area contributed by atoms with E-state index >= 15 is 0 Å². The molecule has 4 nitrogen and oxygen atoms in total. The van der Waals surface area contributed by atoms with E-state index in [9.17, 15) is 5.11 Å². The van der Waals surface area contributed by atoms with Crippen LogP contribution in [0.25, 0.3) is 0 Å². The summed E-state index contributed by atoms with van der Waals surface area (Å²) in [5, 5.41) is 13.6. The molecule has 0 saturated heterocycles. The molecule has 0 aliphatic heterocycles. The highest BCUT2D eigenvalue weighted by Crippen LogP contribution is 2.29. The highest BCUT2D eigenvalue weighted by Gasteiger charge is 2.20. The second-order valence-corrected chi connectivity index (χ2v) is 5.00. The Kier molecular flexibility index (Phi) is 4.54. The van der Waals surface area contributed by atoms with Gasteiger partial charge in [-0.15, -0.1) is 0 Å². The van der Waals surface area contributed by atoms with Crippen molar-refractivity contribution in [3.63, 3.8) is 0 Å². The van der Waals surface area contributed by atoms with Crippen LogP contribution in [0, 0.1) is 0 Å². The fourth-order valence-corrected chi connectivity index (χ4v) is 2.40. The first kappa shape index (κ1) is 12.6. The third-order valence-electron chi connectivity index (χ3n) is 3.59. The molecule has 1 fully saturated rings. The summed E-state index contributed by atoms with van der Waals surface area (Å²) in [5.74, 6) is 1.90. The molecule has 1 N–H and O–H groups in total. The van der Waals surface area contributed by atoms with Crippen LogP contribution in [0.15, 0.2) is 4.52 Å². The van der Waals surface area contributed by atoms with Gasteiger partial charge < -0.3 is 9.63 Å². The van der Waals surface area contributed by atoms with Crippen LogP contribution < -0.4 is 0 Å². The van der Waals surface area contributed by atoms with Crippen LogP contribution in [0.1, 0.15) is 69.5 Å². The molecule has 0 spiro atoms. The number of aliphatic hydroxyl groups excluding tert-OH is 1. The van der Waals surface area contributed by atoms with E-state index in [2.05, 4.69) is 10.1 Å². The molecule has 0 amide bonds. The first-order valence-corrected chi connectivity index (χ1v) is 6.80. The van der Waals surface area contributed by atoms with E-state index in [0.29, 0.717) is 18.2 Å². The summed E-state index contributed by atoms with van der Waals surface area (Å²) in [6.07, 6.45) is 8.39. The average Bonchev–Trinajstić information content (AvgIpc) is 2.63. The van der Waals surface area contributed by atoms with Crippen LogP contribution in [-0.2, 0) is 6.42 Å². The maximum Gasteiger partial charge on any atom is 0.229 e. The summed E-state index contributed by atoms with van der Waals surface area (Å²) in [6.45, 7) is 1.95. The van der Waals surface area contributed by atoms with Crippen LogP contribution in [0.2, 0.25) is 0 Å². The Balaban J connectivity index is 1.96. The maximum absolute atomic E-state index is 9.55. The number of hydrogen-bond acceptors (Lipinski definition) is 4. The van der Waals surface area contributed by atoms with Gasteiger partial charge in [-0.2, -0.15) is 4.98 Å². The van der Waals surface area contributed by atoms with Gasteiger partial charge in [0.1, 0.15) is 0 Å². The lowest BCUT2D eigenvalue weighted by atomic mass is 10.00. The monoisotopic (exact) mass is 238 g/mol. The lowest BCUT2D eigenvalue weighted by molar-refractivity contribution is 0.158. The highest BCUT2D eigenvalue weighted by molar-refractivity contribution is 4.97. The van der Waals surface area contributed by atoms with E-state index < -0.39 is 0 Å². The third-order valence-corrected chi connectivity index (χ3v) is 3.59. The lowest BCUT2D eigenvalue weighted by Crippen LogP contribution is -2.09. The predicted molar refractivity (Wildman–Crippen MR) is 64.7 cm³/mol. The zero-order valence-electron chi connectivity index (χ0n) is 10.6. The SMILES string of the molecule is CCC(O)Cc1nc(C2CCCCCC2)no1. The van der Waals surface area contributed by atoms with Crippen LogP contribution in [0.3, 0.4) is 0 Å². The minimum Gasteiger partial charge on any atom is -0.393 e. The Hall–Kier alpha value is -0.900. The molecular weight excluding hydrogens is 216 g/mol. The van der Waals surface area contributed by atoms with Gasteiger partial charge in [0.05, 0.1) is 12.5 Å². The quantitative estimate of drug-likeness (QED) is 0.819. The zero-order valence-corrected chi connectivity index (χ0v) is 10.6. The van der Waals surface area contributed by atoms with E-state index in [1.54, 1.807) is 0 Å². The molecule has 1 saturated carbocycles. The molecule has 0 bridgehead atoms. The Morgan fingerprint density at radius 1 is 1.29 bits per heavy atom. The first-order valence-electron chi connectivity index (χ1n) is 6.80. The summed E-state index contributed by atoms with van der Waals surface area (Å²) in [6, 6.07) is 0. The molecule has 1 atom stereocenters. The second kappa shape index (κ2) is 6.15. The summed E-state index contributed by atoms with van der Waals surface area (Å²) >= 11 is 0. The molecule has 0 radical (unpaired) electrons. The van der Waals surface area contributed by atoms with Crippen molar-refractivity contribution in [3.05, 3.63) is 11.7 Å². The highest BCUT2D eigenvalue weighted by atomic mass is 16.5. The Labute approximate surface area is 102 Å². The molecule has 1 aliphatic rings. The molecule has 4 heteroatoms. The molecule has 1 unspecified atom stereocenters. The van der Waals surface area contributed by atoms with E-state index in [0.717, 1.165) is 12.2 Å². The van der Waals surface area contributed by atoms with Crippen molar-refractivity contribution >= 4 is 0 Å². The van der Waals surface area contributed by atoms with Gasteiger partial charge in [-0.05, 0) is 19.3 Å². The van der Waals surface area contributed by atoms with Gasteiger partial charge in [-0.3, -0.25) is 0 Å². The third kappa shape index (κ3) is 3.53. The molecule has 1 heterocycles. The average molecular weight is 238 g/mol. The van der Waals surface area contributed by atoms with Crippen molar-refractivity contribution in [2.75, 3.05) is 0 Å². The molecule has 1 aliphatic carbocycles.